The molecule has 0 aromatic heterocycles. The Morgan fingerprint density at radius 3 is 2.58 bits per heavy atom. The first kappa shape index (κ1) is 20.6. The fraction of sp³-hybridized carbons (Fsp3) is 0.632. The fourth-order valence-corrected chi connectivity index (χ4v) is 3.20. The van der Waals surface area contributed by atoms with Crippen LogP contribution >= 0.6 is 0 Å². The van der Waals surface area contributed by atoms with Gasteiger partial charge in [0.1, 0.15) is 0 Å². The lowest BCUT2D eigenvalue weighted by Crippen LogP contribution is -2.52. The van der Waals surface area contributed by atoms with Crippen molar-refractivity contribution >= 4 is 6.09 Å². The van der Waals surface area contributed by atoms with E-state index >= 15 is 0 Å². The highest BCUT2D eigenvalue weighted by molar-refractivity contribution is 5.65. The topological polar surface area (TPSA) is 99.5 Å². The van der Waals surface area contributed by atoms with E-state index in [1.54, 1.807) is 0 Å². The molecule has 7 nitrogen and oxygen atoms in total. The molecule has 1 aromatic carbocycles. The number of hydrogen-bond acceptors (Lipinski definition) is 5. The van der Waals surface area contributed by atoms with Gasteiger partial charge in [0.05, 0.1) is 38.1 Å². The predicted octanol–water partition coefficient (Wildman–Crippen LogP) is 1.81. The number of aliphatic hydroxyl groups excluding tert-OH is 1. The van der Waals surface area contributed by atoms with Crippen LogP contribution in [0.3, 0.4) is 0 Å². The largest absolute Gasteiger partial charge is 0.465 e. The van der Waals surface area contributed by atoms with Crippen molar-refractivity contribution in [1.29, 1.82) is 0 Å². The summed E-state index contributed by atoms with van der Waals surface area (Å²) in [5.74, 6) is -0.553. The van der Waals surface area contributed by atoms with Crippen molar-refractivity contribution in [3.05, 3.63) is 35.4 Å². The molecular weight excluding hydrogens is 338 g/mol. The van der Waals surface area contributed by atoms with Crippen LogP contribution in [-0.2, 0) is 21.7 Å². The number of carbonyl (C=O) groups is 1. The normalized spacial score (nSPS) is 23.4. The van der Waals surface area contributed by atoms with Crippen LogP contribution in [-0.4, -0.2) is 65.3 Å². The Hall–Kier alpha value is -1.67. The van der Waals surface area contributed by atoms with Gasteiger partial charge in [0.2, 0.25) is 0 Å². The molecule has 3 N–H and O–H groups in total. The van der Waals surface area contributed by atoms with Crippen molar-refractivity contribution in [1.82, 2.24) is 4.90 Å². The Bertz CT molecular complexity index is 576. The smallest absolute Gasteiger partial charge is 0.407 e. The highest BCUT2D eigenvalue weighted by atomic mass is 16.5. The Balaban J connectivity index is 1.95. The van der Waals surface area contributed by atoms with Crippen LogP contribution in [0.5, 0.6) is 0 Å². The van der Waals surface area contributed by atoms with Crippen LogP contribution in [0.2, 0.25) is 0 Å². The van der Waals surface area contributed by atoms with E-state index in [9.17, 15) is 15.0 Å². The summed E-state index contributed by atoms with van der Waals surface area (Å²) in [4.78, 5) is 12.4. The van der Waals surface area contributed by atoms with E-state index in [-0.39, 0.29) is 32.2 Å². The molecule has 0 aliphatic carbocycles. The number of benzene rings is 1. The van der Waals surface area contributed by atoms with Gasteiger partial charge in [0.15, 0.2) is 0 Å². The number of aliphatic hydroxyl groups is 2. The van der Waals surface area contributed by atoms with Crippen molar-refractivity contribution in [2.75, 3.05) is 32.9 Å². The van der Waals surface area contributed by atoms with E-state index in [0.717, 1.165) is 5.56 Å². The third kappa shape index (κ3) is 5.17. The first-order valence-corrected chi connectivity index (χ1v) is 8.96. The Morgan fingerprint density at radius 1 is 1.31 bits per heavy atom. The zero-order valence-electron chi connectivity index (χ0n) is 15.4. The van der Waals surface area contributed by atoms with Gasteiger partial charge in [-0.2, -0.15) is 0 Å². The summed E-state index contributed by atoms with van der Waals surface area (Å²) in [6.07, 6.45) is -0.586. The minimum atomic E-state index is -1.23. The maximum absolute atomic E-state index is 11.1. The van der Waals surface area contributed by atoms with Crippen LogP contribution in [0.15, 0.2) is 24.3 Å². The van der Waals surface area contributed by atoms with Crippen molar-refractivity contribution < 1.29 is 29.6 Å². The highest BCUT2D eigenvalue weighted by Crippen LogP contribution is 2.37. The fourth-order valence-electron chi connectivity index (χ4n) is 3.20. The van der Waals surface area contributed by atoms with Crippen LogP contribution < -0.4 is 0 Å². The Kier molecular flexibility index (Phi) is 7.40. The average molecular weight is 367 g/mol. The van der Waals surface area contributed by atoms with Crippen molar-refractivity contribution in [3.8, 4) is 0 Å². The number of nitrogens with zero attached hydrogens (tertiary/aromatic N) is 1. The van der Waals surface area contributed by atoms with Gasteiger partial charge >= 0.3 is 6.09 Å². The van der Waals surface area contributed by atoms with Gasteiger partial charge in [-0.1, -0.05) is 24.3 Å². The summed E-state index contributed by atoms with van der Waals surface area (Å²) in [7, 11) is 0. The van der Waals surface area contributed by atoms with Crippen LogP contribution in [0, 0.1) is 5.92 Å². The lowest BCUT2D eigenvalue weighted by atomic mass is 9.76. The summed E-state index contributed by atoms with van der Waals surface area (Å²) >= 11 is 0. The second-order valence-electron chi connectivity index (χ2n) is 6.95. The van der Waals surface area contributed by atoms with Gasteiger partial charge in [-0.25, -0.2) is 4.79 Å². The molecule has 146 valence electrons. The van der Waals surface area contributed by atoms with Gasteiger partial charge in [0.25, 0.3) is 0 Å². The minimum absolute atomic E-state index is 0.114. The average Bonchev–Trinajstić information content (AvgIpc) is 2.61. The van der Waals surface area contributed by atoms with Crippen molar-refractivity contribution in [3.63, 3.8) is 0 Å². The van der Waals surface area contributed by atoms with Crippen molar-refractivity contribution in [2.45, 2.75) is 38.6 Å². The molecule has 0 saturated carbocycles. The molecule has 1 heterocycles. The zero-order valence-corrected chi connectivity index (χ0v) is 15.4. The van der Waals surface area contributed by atoms with E-state index < -0.39 is 17.6 Å². The number of piperidine rings is 1. The summed E-state index contributed by atoms with van der Waals surface area (Å²) in [6.45, 7) is 5.55. The van der Waals surface area contributed by atoms with E-state index in [0.29, 0.717) is 25.4 Å². The quantitative estimate of drug-likeness (QED) is 0.606. The first-order valence-electron chi connectivity index (χ1n) is 8.96. The SMILES string of the molecule is CC(C)OCCOCc1ccc(C2(O)CCN(C(=O)O)CC2CO)cc1. The molecule has 0 bridgehead atoms. The summed E-state index contributed by atoms with van der Waals surface area (Å²) in [6, 6.07) is 7.41. The summed E-state index contributed by atoms with van der Waals surface area (Å²) in [5.41, 5.74) is 0.435. The zero-order chi connectivity index (χ0) is 19.2. The number of ether oxygens (including phenoxy) is 2. The molecule has 1 aliphatic rings. The summed E-state index contributed by atoms with van der Waals surface area (Å²) < 4.78 is 11.0. The third-order valence-electron chi connectivity index (χ3n) is 4.77. The standard InChI is InChI=1S/C19H29NO6/c1-14(2)26-10-9-25-13-15-3-5-16(6-4-15)19(24)7-8-20(18(22)23)11-17(19)12-21/h3-6,14,17,21,24H,7-13H2,1-2H3,(H,22,23). The van der Waals surface area contributed by atoms with Gasteiger partial charge in [-0.05, 0) is 31.4 Å². The maximum atomic E-state index is 11.1. The lowest BCUT2D eigenvalue weighted by molar-refractivity contribution is -0.0888. The third-order valence-corrected chi connectivity index (χ3v) is 4.77. The van der Waals surface area contributed by atoms with Crippen LogP contribution in [0.1, 0.15) is 31.4 Å². The molecule has 2 rings (SSSR count). The number of carboxylic acid groups (broad SMARTS) is 1. The second-order valence-corrected chi connectivity index (χ2v) is 6.95. The molecule has 1 aromatic rings. The van der Waals surface area contributed by atoms with Crippen LogP contribution in [0.25, 0.3) is 0 Å². The molecule has 1 amide bonds. The van der Waals surface area contributed by atoms with E-state index in [2.05, 4.69) is 0 Å². The van der Waals surface area contributed by atoms with E-state index in [1.165, 1.54) is 4.90 Å². The maximum Gasteiger partial charge on any atom is 0.407 e. The summed E-state index contributed by atoms with van der Waals surface area (Å²) in [5, 5.41) is 29.8. The predicted molar refractivity (Wildman–Crippen MR) is 95.9 cm³/mol. The number of amides is 1. The molecule has 26 heavy (non-hydrogen) atoms. The van der Waals surface area contributed by atoms with Gasteiger partial charge in [0, 0.05) is 19.0 Å². The molecule has 2 atom stereocenters. The second kappa shape index (κ2) is 9.32. The minimum Gasteiger partial charge on any atom is -0.465 e. The van der Waals surface area contributed by atoms with E-state index in [1.807, 2.05) is 38.1 Å². The molecule has 1 saturated heterocycles. The van der Waals surface area contributed by atoms with Crippen LogP contribution in [0.4, 0.5) is 4.79 Å². The molecule has 0 spiro atoms. The molecule has 1 fully saturated rings. The number of rotatable bonds is 8. The number of hydrogen-bond donors (Lipinski definition) is 3. The van der Waals surface area contributed by atoms with Gasteiger partial charge in [-0.15, -0.1) is 0 Å². The lowest BCUT2D eigenvalue weighted by Gasteiger charge is -2.43. The molecule has 0 radical (unpaired) electrons. The molecular formula is C19H29NO6. The Morgan fingerprint density at radius 2 is 2.00 bits per heavy atom. The molecule has 1 aliphatic heterocycles. The van der Waals surface area contributed by atoms with Gasteiger partial charge in [-0.3, -0.25) is 0 Å². The molecule has 2 unspecified atom stereocenters. The monoisotopic (exact) mass is 367 g/mol. The highest BCUT2D eigenvalue weighted by Gasteiger charge is 2.43. The number of likely N-dealkylation sites (tertiary alicyclic amines) is 1. The van der Waals surface area contributed by atoms with E-state index in [4.69, 9.17) is 14.6 Å². The Labute approximate surface area is 154 Å². The molecule has 7 heteroatoms. The van der Waals surface area contributed by atoms with Crippen molar-refractivity contribution in [2.24, 2.45) is 5.92 Å². The van der Waals surface area contributed by atoms with Gasteiger partial charge < -0.3 is 29.7 Å². The first-order chi connectivity index (χ1) is 12.4.